The zero-order valence-corrected chi connectivity index (χ0v) is 16.1. The first kappa shape index (κ1) is 20.9. The van der Waals surface area contributed by atoms with Crippen molar-refractivity contribution in [1.29, 1.82) is 0 Å². The van der Waals surface area contributed by atoms with Crippen molar-refractivity contribution in [3.8, 4) is 5.75 Å². The van der Waals surface area contributed by atoms with Crippen molar-refractivity contribution in [2.75, 3.05) is 13.7 Å². The lowest BCUT2D eigenvalue weighted by atomic mass is 9.99. The van der Waals surface area contributed by atoms with Gasteiger partial charge in [-0.2, -0.15) is 0 Å². The van der Waals surface area contributed by atoms with Crippen LogP contribution in [0.1, 0.15) is 51.2 Å². The molecule has 1 atom stereocenters. The third-order valence-corrected chi connectivity index (χ3v) is 4.24. The zero-order valence-electron chi connectivity index (χ0n) is 16.1. The molecule has 0 aliphatic rings. The number of benzene rings is 1. The minimum Gasteiger partial charge on any atom is -0.496 e. The number of aryl methyl sites for hydroxylation is 2. The summed E-state index contributed by atoms with van der Waals surface area (Å²) >= 11 is 0. The molecule has 1 rings (SSSR count). The lowest BCUT2D eigenvalue weighted by molar-refractivity contribution is -0.150. The smallest absolute Gasteiger partial charge is 0.316 e. The first-order valence-corrected chi connectivity index (χ1v) is 8.87. The van der Waals surface area contributed by atoms with Crippen LogP contribution in [-0.2, 0) is 20.7 Å². The van der Waals surface area contributed by atoms with Gasteiger partial charge >= 0.3 is 5.97 Å². The molecule has 0 spiro atoms. The predicted molar refractivity (Wildman–Crippen MR) is 99.8 cm³/mol. The largest absolute Gasteiger partial charge is 0.496 e. The maximum Gasteiger partial charge on any atom is 0.316 e. The summed E-state index contributed by atoms with van der Waals surface area (Å²) in [5, 5.41) is 0. The van der Waals surface area contributed by atoms with Gasteiger partial charge in [-0.25, -0.2) is 0 Å². The molecule has 25 heavy (non-hydrogen) atoms. The van der Waals surface area contributed by atoms with Crippen molar-refractivity contribution >= 4 is 11.8 Å². The van der Waals surface area contributed by atoms with E-state index in [1.165, 1.54) is 11.1 Å². The maximum absolute atomic E-state index is 12.0. The molecule has 0 heterocycles. The van der Waals surface area contributed by atoms with E-state index in [0.717, 1.165) is 24.2 Å². The molecule has 0 N–H and O–H groups in total. The SMILES string of the molecule is CCOC(=O)C(C)C(=O)CC/C(C)=C/CCc1ccc(C)cc1OC. The second-order valence-electron chi connectivity index (χ2n) is 6.34. The fourth-order valence-corrected chi connectivity index (χ4v) is 2.57. The summed E-state index contributed by atoms with van der Waals surface area (Å²) in [6.45, 7) is 7.73. The fraction of sp³-hybridized carbons (Fsp3) is 0.524. The Morgan fingerprint density at radius 2 is 1.96 bits per heavy atom. The van der Waals surface area contributed by atoms with Gasteiger partial charge < -0.3 is 9.47 Å². The number of rotatable bonds is 10. The molecule has 1 aromatic carbocycles. The molecule has 4 nitrogen and oxygen atoms in total. The van der Waals surface area contributed by atoms with Gasteiger partial charge in [0.25, 0.3) is 0 Å². The molecule has 0 fully saturated rings. The van der Waals surface area contributed by atoms with Crippen LogP contribution in [0.2, 0.25) is 0 Å². The quantitative estimate of drug-likeness (QED) is 0.357. The van der Waals surface area contributed by atoms with Crippen molar-refractivity contribution in [2.45, 2.75) is 53.4 Å². The van der Waals surface area contributed by atoms with Gasteiger partial charge in [0.2, 0.25) is 0 Å². The average Bonchev–Trinajstić information content (AvgIpc) is 2.60. The standard InChI is InChI=1S/C21H30O4/c1-6-25-21(23)17(4)19(22)13-11-15(2)8-7-9-18-12-10-16(3)14-20(18)24-5/h8,10,12,14,17H,6-7,9,11,13H2,1-5H3/b15-8+. The van der Waals surface area contributed by atoms with Crippen molar-refractivity contribution in [2.24, 2.45) is 5.92 Å². The molecule has 0 radical (unpaired) electrons. The number of esters is 1. The second kappa shape index (κ2) is 10.7. The molecule has 0 bridgehead atoms. The summed E-state index contributed by atoms with van der Waals surface area (Å²) in [7, 11) is 1.69. The third-order valence-electron chi connectivity index (χ3n) is 4.24. The van der Waals surface area contributed by atoms with Gasteiger partial charge in [-0.05, 0) is 64.2 Å². The van der Waals surface area contributed by atoms with E-state index in [9.17, 15) is 9.59 Å². The monoisotopic (exact) mass is 346 g/mol. The van der Waals surface area contributed by atoms with Crippen LogP contribution in [0.4, 0.5) is 0 Å². The minimum absolute atomic E-state index is 0.0635. The predicted octanol–water partition coefficient (Wildman–Crippen LogP) is 4.43. The molecule has 1 aromatic rings. The van der Waals surface area contributed by atoms with Crippen LogP contribution in [0.15, 0.2) is 29.8 Å². The van der Waals surface area contributed by atoms with E-state index in [0.29, 0.717) is 19.4 Å². The molecule has 1 unspecified atom stereocenters. The Labute approximate surface area is 151 Å². The Balaban J connectivity index is 2.46. The lowest BCUT2D eigenvalue weighted by Crippen LogP contribution is -2.23. The van der Waals surface area contributed by atoms with E-state index in [2.05, 4.69) is 18.2 Å². The van der Waals surface area contributed by atoms with Gasteiger partial charge in [0.05, 0.1) is 13.7 Å². The van der Waals surface area contributed by atoms with Gasteiger partial charge in [0.1, 0.15) is 17.5 Å². The normalized spacial score (nSPS) is 12.6. The summed E-state index contributed by atoms with van der Waals surface area (Å²) < 4.78 is 10.3. The highest BCUT2D eigenvalue weighted by atomic mass is 16.5. The van der Waals surface area contributed by atoms with E-state index in [1.54, 1.807) is 21.0 Å². The van der Waals surface area contributed by atoms with E-state index < -0.39 is 11.9 Å². The highest BCUT2D eigenvalue weighted by molar-refractivity contribution is 5.98. The summed E-state index contributed by atoms with van der Waals surface area (Å²) in [6, 6.07) is 6.23. The van der Waals surface area contributed by atoms with Crippen molar-refractivity contribution in [3.63, 3.8) is 0 Å². The van der Waals surface area contributed by atoms with Gasteiger partial charge in [-0.15, -0.1) is 0 Å². The van der Waals surface area contributed by atoms with Crippen molar-refractivity contribution < 1.29 is 19.1 Å². The second-order valence-corrected chi connectivity index (χ2v) is 6.34. The summed E-state index contributed by atoms with van der Waals surface area (Å²) in [5.74, 6) is -0.249. The number of methoxy groups -OCH3 is 1. The lowest BCUT2D eigenvalue weighted by Gasteiger charge is -2.10. The van der Waals surface area contributed by atoms with Crippen molar-refractivity contribution in [3.05, 3.63) is 41.0 Å². The van der Waals surface area contributed by atoms with Gasteiger partial charge in [0.15, 0.2) is 0 Å². The van der Waals surface area contributed by atoms with E-state index >= 15 is 0 Å². The topological polar surface area (TPSA) is 52.6 Å². The molecule has 0 aliphatic carbocycles. The molecule has 138 valence electrons. The van der Waals surface area contributed by atoms with Crippen LogP contribution in [0.25, 0.3) is 0 Å². The number of carbonyl (C=O) groups is 2. The molecule has 0 aliphatic heterocycles. The van der Waals surface area contributed by atoms with Crippen LogP contribution < -0.4 is 4.74 Å². The Bertz CT molecular complexity index is 616. The molecule has 0 saturated heterocycles. The number of hydrogen-bond acceptors (Lipinski definition) is 4. The zero-order chi connectivity index (χ0) is 18.8. The Hall–Kier alpha value is -2.10. The number of carbonyl (C=O) groups excluding carboxylic acids is 2. The fourth-order valence-electron chi connectivity index (χ4n) is 2.57. The van der Waals surface area contributed by atoms with Gasteiger partial charge in [0, 0.05) is 6.42 Å². The number of Topliss-reactive ketones (excluding diaryl/α,β-unsaturated/α-hetero) is 1. The molecular weight excluding hydrogens is 316 g/mol. The number of hydrogen-bond donors (Lipinski definition) is 0. The number of ether oxygens (including phenoxy) is 2. The number of allylic oxidation sites excluding steroid dienone is 2. The summed E-state index contributed by atoms with van der Waals surface area (Å²) in [6.07, 6.45) is 4.99. The van der Waals surface area contributed by atoms with E-state index in [4.69, 9.17) is 9.47 Å². The molecule has 4 heteroatoms. The van der Waals surface area contributed by atoms with Crippen LogP contribution in [-0.4, -0.2) is 25.5 Å². The highest BCUT2D eigenvalue weighted by Gasteiger charge is 2.21. The highest BCUT2D eigenvalue weighted by Crippen LogP contribution is 2.22. The summed E-state index contributed by atoms with van der Waals surface area (Å²) in [4.78, 5) is 23.6. The van der Waals surface area contributed by atoms with Gasteiger partial charge in [-0.1, -0.05) is 23.8 Å². The molecule has 0 amide bonds. The van der Waals surface area contributed by atoms with Crippen molar-refractivity contribution in [1.82, 2.24) is 0 Å². The number of ketones is 1. The van der Waals surface area contributed by atoms with Crippen LogP contribution in [0.3, 0.4) is 0 Å². The Morgan fingerprint density at radius 1 is 1.24 bits per heavy atom. The average molecular weight is 346 g/mol. The third kappa shape index (κ3) is 7.12. The molecule has 0 aromatic heterocycles. The van der Waals surface area contributed by atoms with Gasteiger partial charge in [-0.3, -0.25) is 9.59 Å². The van der Waals surface area contributed by atoms with Crippen LogP contribution in [0, 0.1) is 12.8 Å². The van der Waals surface area contributed by atoms with Crippen LogP contribution >= 0.6 is 0 Å². The van der Waals surface area contributed by atoms with E-state index in [-0.39, 0.29) is 5.78 Å². The molecule has 0 saturated carbocycles. The minimum atomic E-state index is -0.676. The molecular formula is C21H30O4. The first-order valence-electron chi connectivity index (χ1n) is 8.87. The van der Waals surface area contributed by atoms with E-state index in [1.807, 2.05) is 19.9 Å². The maximum atomic E-state index is 12.0. The Kier molecular flexibility index (Phi) is 8.96. The Morgan fingerprint density at radius 3 is 2.60 bits per heavy atom. The van der Waals surface area contributed by atoms with Crippen LogP contribution in [0.5, 0.6) is 5.75 Å². The summed E-state index contributed by atoms with van der Waals surface area (Å²) in [5.41, 5.74) is 3.53. The first-order chi connectivity index (χ1) is 11.9.